The van der Waals surface area contributed by atoms with Crippen LogP contribution in [0.3, 0.4) is 0 Å². The van der Waals surface area contributed by atoms with Gasteiger partial charge in [-0.2, -0.15) is 5.26 Å². The van der Waals surface area contributed by atoms with Crippen molar-refractivity contribution in [2.45, 2.75) is 33.4 Å². The molecule has 0 unspecified atom stereocenters. The molecule has 0 fully saturated rings. The van der Waals surface area contributed by atoms with Crippen molar-refractivity contribution in [3.05, 3.63) is 18.2 Å². The number of rotatable bonds is 5. The number of imidazole rings is 1. The Kier molecular flexibility index (Phi) is 3.87. The van der Waals surface area contributed by atoms with E-state index in [1.54, 1.807) is 0 Å². The molecule has 0 saturated carbocycles. The van der Waals surface area contributed by atoms with Crippen LogP contribution in [0.25, 0.3) is 0 Å². The number of hydrogen-bond acceptors (Lipinski definition) is 3. The zero-order valence-corrected chi connectivity index (χ0v) is 9.62. The normalized spacial score (nSPS) is 11.3. The predicted molar refractivity (Wildman–Crippen MR) is 59.0 cm³/mol. The molecule has 0 aliphatic carbocycles. The van der Waals surface area contributed by atoms with E-state index in [9.17, 15) is 0 Å². The molecule has 82 valence electrons. The topological polar surface area (TPSA) is 53.6 Å². The molecule has 0 aliphatic rings. The van der Waals surface area contributed by atoms with Crippen LogP contribution >= 0.6 is 0 Å². The van der Waals surface area contributed by atoms with E-state index in [1.165, 1.54) is 0 Å². The van der Waals surface area contributed by atoms with Gasteiger partial charge in [0.25, 0.3) is 0 Å². The van der Waals surface area contributed by atoms with Gasteiger partial charge >= 0.3 is 0 Å². The third-order valence-corrected chi connectivity index (χ3v) is 2.34. The van der Waals surface area contributed by atoms with Crippen LogP contribution in [-0.4, -0.2) is 16.6 Å². The van der Waals surface area contributed by atoms with Gasteiger partial charge in [-0.25, -0.2) is 4.98 Å². The van der Waals surface area contributed by atoms with Gasteiger partial charge in [-0.05, 0) is 27.3 Å². The minimum Gasteiger partial charge on any atom is -0.337 e. The average molecular weight is 206 g/mol. The van der Waals surface area contributed by atoms with E-state index in [4.69, 9.17) is 5.26 Å². The summed E-state index contributed by atoms with van der Waals surface area (Å²) in [5.41, 5.74) is 0.778. The number of nitrogens with one attached hydrogen (secondary N) is 1. The number of aryl methyl sites for hydroxylation is 1. The van der Waals surface area contributed by atoms with Crippen molar-refractivity contribution in [3.8, 4) is 6.07 Å². The van der Waals surface area contributed by atoms with E-state index >= 15 is 0 Å². The first-order valence-corrected chi connectivity index (χ1v) is 5.14. The molecule has 4 heteroatoms. The molecule has 15 heavy (non-hydrogen) atoms. The van der Waals surface area contributed by atoms with Crippen LogP contribution in [0.1, 0.15) is 26.0 Å². The maximum Gasteiger partial charge on any atom is 0.0949 e. The van der Waals surface area contributed by atoms with Gasteiger partial charge in [-0.15, -0.1) is 0 Å². The summed E-state index contributed by atoms with van der Waals surface area (Å²) in [4.78, 5) is 4.25. The molecule has 0 saturated heterocycles. The number of nitrogens with zero attached hydrogens (tertiary/aromatic N) is 3. The Balaban J connectivity index is 2.48. The molecule has 0 aromatic carbocycles. The van der Waals surface area contributed by atoms with Gasteiger partial charge in [0.15, 0.2) is 0 Å². The van der Waals surface area contributed by atoms with Crippen molar-refractivity contribution in [2.24, 2.45) is 5.41 Å². The average Bonchev–Trinajstić information content (AvgIpc) is 2.64. The highest BCUT2D eigenvalue weighted by Gasteiger charge is 2.16. The zero-order chi connectivity index (χ0) is 11.3. The summed E-state index contributed by atoms with van der Waals surface area (Å²) in [7, 11) is 1.90. The van der Waals surface area contributed by atoms with Gasteiger partial charge in [-0.1, -0.05) is 0 Å². The molecule has 0 spiro atoms. The van der Waals surface area contributed by atoms with E-state index in [2.05, 4.69) is 16.4 Å². The Morgan fingerprint density at radius 1 is 1.60 bits per heavy atom. The summed E-state index contributed by atoms with van der Waals surface area (Å²) in [6.45, 7) is 5.54. The molecule has 0 amide bonds. The fraction of sp³-hybridized carbons (Fsp3) is 0.636. The second-order valence-corrected chi connectivity index (χ2v) is 4.38. The second-order valence-electron chi connectivity index (χ2n) is 4.38. The van der Waals surface area contributed by atoms with Crippen molar-refractivity contribution in [1.29, 1.82) is 5.26 Å². The number of nitriles is 1. The quantitative estimate of drug-likeness (QED) is 0.795. The SMILES string of the molecule is CNCc1cn(CCC(C)(C)C#N)cn1. The van der Waals surface area contributed by atoms with Crippen molar-refractivity contribution in [3.63, 3.8) is 0 Å². The maximum atomic E-state index is 8.88. The number of aromatic nitrogens is 2. The van der Waals surface area contributed by atoms with Crippen molar-refractivity contribution >= 4 is 0 Å². The van der Waals surface area contributed by atoms with Gasteiger partial charge in [0.05, 0.1) is 23.5 Å². The summed E-state index contributed by atoms with van der Waals surface area (Å²) in [6, 6.07) is 2.30. The molecule has 1 heterocycles. The highest BCUT2D eigenvalue weighted by Crippen LogP contribution is 2.19. The number of hydrogen-bond donors (Lipinski definition) is 1. The third kappa shape index (κ3) is 3.72. The smallest absolute Gasteiger partial charge is 0.0949 e. The van der Waals surface area contributed by atoms with Crippen LogP contribution in [0.4, 0.5) is 0 Å². The molecule has 0 aliphatic heterocycles. The lowest BCUT2D eigenvalue weighted by Gasteiger charge is -2.14. The second kappa shape index (κ2) is 4.94. The van der Waals surface area contributed by atoms with Gasteiger partial charge in [0.2, 0.25) is 0 Å². The van der Waals surface area contributed by atoms with Gasteiger partial charge in [0.1, 0.15) is 0 Å². The molecule has 1 aromatic rings. The molecular weight excluding hydrogens is 188 g/mol. The fourth-order valence-electron chi connectivity index (χ4n) is 1.27. The Labute approximate surface area is 90.9 Å². The lowest BCUT2D eigenvalue weighted by atomic mass is 9.91. The molecule has 0 atom stereocenters. The van der Waals surface area contributed by atoms with E-state index in [0.717, 1.165) is 25.2 Å². The van der Waals surface area contributed by atoms with Gasteiger partial charge < -0.3 is 9.88 Å². The molecule has 4 nitrogen and oxygen atoms in total. The summed E-state index contributed by atoms with van der Waals surface area (Å²) in [6.07, 6.45) is 4.68. The standard InChI is InChI=1S/C11H18N4/c1-11(2,8-12)4-5-15-7-10(6-13-3)14-9-15/h7,9,13H,4-6H2,1-3H3. The largest absolute Gasteiger partial charge is 0.337 e. The van der Waals surface area contributed by atoms with Gasteiger partial charge in [0, 0.05) is 19.3 Å². The Morgan fingerprint density at radius 2 is 2.33 bits per heavy atom. The molecular formula is C11H18N4. The highest BCUT2D eigenvalue weighted by molar-refractivity contribution is 4.97. The Hall–Kier alpha value is -1.34. The first kappa shape index (κ1) is 11.7. The highest BCUT2D eigenvalue weighted by atomic mass is 15.0. The molecule has 0 bridgehead atoms. The Bertz CT molecular complexity index is 346. The van der Waals surface area contributed by atoms with Crippen LogP contribution < -0.4 is 5.32 Å². The van der Waals surface area contributed by atoms with Crippen LogP contribution in [0.2, 0.25) is 0 Å². The predicted octanol–water partition coefficient (Wildman–Crippen LogP) is 1.54. The minimum absolute atomic E-state index is 0.257. The van der Waals surface area contributed by atoms with Crippen LogP contribution in [0.15, 0.2) is 12.5 Å². The first-order valence-electron chi connectivity index (χ1n) is 5.14. The van der Waals surface area contributed by atoms with Gasteiger partial charge in [-0.3, -0.25) is 0 Å². The van der Waals surface area contributed by atoms with E-state index < -0.39 is 0 Å². The van der Waals surface area contributed by atoms with Crippen LogP contribution in [-0.2, 0) is 13.1 Å². The van der Waals surface area contributed by atoms with E-state index in [0.29, 0.717) is 0 Å². The van der Waals surface area contributed by atoms with Crippen molar-refractivity contribution in [1.82, 2.24) is 14.9 Å². The minimum atomic E-state index is -0.257. The van der Waals surface area contributed by atoms with Crippen molar-refractivity contribution in [2.75, 3.05) is 7.05 Å². The summed E-state index contributed by atoms with van der Waals surface area (Å²) in [5, 5.41) is 11.9. The lowest BCUT2D eigenvalue weighted by molar-refractivity contribution is 0.413. The monoisotopic (exact) mass is 206 g/mol. The van der Waals surface area contributed by atoms with Crippen molar-refractivity contribution < 1.29 is 0 Å². The van der Waals surface area contributed by atoms with E-state index in [-0.39, 0.29) is 5.41 Å². The lowest BCUT2D eigenvalue weighted by Crippen LogP contribution is -2.11. The summed E-state index contributed by atoms with van der Waals surface area (Å²) in [5.74, 6) is 0. The summed E-state index contributed by atoms with van der Waals surface area (Å²) >= 11 is 0. The maximum absolute atomic E-state index is 8.88. The van der Waals surface area contributed by atoms with Crippen LogP contribution in [0, 0.1) is 16.7 Å². The van der Waals surface area contributed by atoms with E-state index in [1.807, 2.05) is 38.0 Å². The summed E-state index contributed by atoms with van der Waals surface area (Å²) < 4.78 is 2.03. The van der Waals surface area contributed by atoms with Crippen LogP contribution in [0.5, 0.6) is 0 Å². The Morgan fingerprint density at radius 3 is 2.93 bits per heavy atom. The zero-order valence-electron chi connectivity index (χ0n) is 9.62. The molecule has 1 rings (SSSR count). The molecule has 0 radical (unpaired) electrons. The fourth-order valence-corrected chi connectivity index (χ4v) is 1.27. The third-order valence-electron chi connectivity index (χ3n) is 2.34. The molecule has 1 aromatic heterocycles. The molecule has 1 N–H and O–H groups in total. The first-order chi connectivity index (χ1) is 7.07.